The summed E-state index contributed by atoms with van der Waals surface area (Å²) >= 11 is 0. The van der Waals surface area contributed by atoms with Crippen molar-refractivity contribution < 1.29 is 4.79 Å². The Morgan fingerprint density at radius 3 is 3.06 bits per heavy atom. The second kappa shape index (κ2) is 4.74. The van der Waals surface area contributed by atoms with Crippen LogP contribution >= 0.6 is 0 Å². The van der Waals surface area contributed by atoms with Gasteiger partial charge >= 0.3 is 0 Å². The van der Waals surface area contributed by atoms with Crippen LogP contribution < -0.4 is 0 Å². The quantitative estimate of drug-likeness (QED) is 0.755. The average molecular weight is 222 g/mol. The Morgan fingerprint density at radius 2 is 2.38 bits per heavy atom. The summed E-state index contributed by atoms with van der Waals surface area (Å²) in [6, 6.07) is 0. The third-order valence-corrected chi connectivity index (χ3v) is 3.12. The zero-order chi connectivity index (χ0) is 11.5. The first-order valence-corrected chi connectivity index (χ1v) is 5.82. The lowest BCUT2D eigenvalue weighted by molar-refractivity contribution is -0.125. The Labute approximate surface area is 95.5 Å². The van der Waals surface area contributed by atoms with Crippen LogP contribution in [0.1, 0.15) is 26.1 Å². The zero-order valence-electron chi connectivity index (χ0n) is 9.89. The maximum Gasteiger partial charge on any atom is 0.140 e. The molecule has 0 bridgehead atoms. The largest absolute Gasteiger partial charge is 0.299 e. The smallest absolute Gasteiger partial charge is 0.140 e. The monoisotopic (exact) mass is 222 g/mol. The van der Waals surface area contributed by atoms with Crippen molar-refractivity contribution in [2.24, 2.45) is 5.92 Å². The molecule has 0 amide bonds. The molecule has 1 aromatic rings. The number of aromatic nitrogens is 3. The van der Waals surface area contributed by atoms with E-state index in [4.69, 9.17) is 0 Å². The number of piperidine rings is 1. The minimum absolute atomic E-state index is 0.159. The predicted octanol–water partition coefficient (Wildman–Crippen LogP) is 0.709. The molecule has 16 heavy (non-hydrogen) atoms. The van der Waals surface area contributed by atoms with Crippen LogP contribution in [-0.2, 0) is 17.9 Å². The maximum atomic E-state index is 11.4. The van der Waals surface area contributed by atoms with Gasteiger partial charge in [0, 0.05) is 32.0 Å². The van der Waals surface area contributed by atoms with Crippen molar-refractivity contribution in [1.82, 2.24) is 19.7 Å². The summed E-state index contributed by atoms with van der Waals surface area (Å²) in [6.07, 6.45) is 2.26. The number of rotatable bonds is 3. The van der Waals surface area contributed by atoms with Gasteiger partial charge in [-0.2, -0.15) is 5.10 Å². The van der Waals surface area contributed by atoms with E-state index in [1.165, 1.54) is 0 Å². The fraction of sp³-hybridized carbons (Fsp3) is 0.727. The summed E-state index contributed by atoms with van der Waals surface area (Å²) in [7, 11) is 0. The Hall–Kier alpha value is -1.23. The molecule has 0 spiro atoms. The van der Waals surface area contributed by atoms with Crippen molar-refractivity contribution >= 4 is 5.78 Å². The molecule has 0 aromatic carbocycles. The second-order valence-electron chi connectivity index (χ2n) is 4.34. The van der Waals surface area contributed by atoms with Crippen LogP contribution in [0.2, 0.25) is 0 Å². The van der Waals surface area contributed by atoms with E-state index in [1.807, 2.05) is 11.6 Å². The van der Waals surface area contributed by atoms with Gasteiger partial charge in [-0.3, -0.25) is 9.69 Å². The van der Waals surface area contributed by atoms with Crippen molar-refractivity contribution in [2.45, 2.75) is 33.4 Å². The molecule has 0 aliphatic carbocycles. The van der Waals surface area contributed by atoms with Gasteiger partial charge in [0.15, 0.2) is 0 Å². The van der Waals surface area contributed by atoms with Gasteiger partial charge < -0.3 is 0 Å². The number of likely N-dealkylation sites (tertiary alicyclic amines) is 1. The van der Waals surface area contributed by atoms with Crippen LogP contribution in [0, 0.1) is 5.92 Å². The Morgan fingerprint density at radius 1 is 1.56 bits per heavy atom. The van der Waals surface area contributed by atoms with E-state index in [9.17, 15) is 4.79 Å². The third-order valence-electron chi connectivity index (χ3n) is 3.12. The molecule has 2 rings (SSSR count). The number of aryl methyl sites for hydroxylation is 1. The van der Waals surface area contributed by atoms with Gasteiger partial charge in [0.25, 0.3) is 0 Å². The van der Waals surface area contributed by atoms with Crippen LogP contribution in [0.25, 0.3) is 0 Å². The van der Waals surface area contributed by atoms with Crippen molar-refractivity contribution in [2.75, 3.05) is 13.1 Å². The molecule has 0 saturated carbocycles. The number of nitrogens with zero attached hydrogens (tertiary/aromatic N) is 4. The van der Waals surface area contributed by atoms with E-state index in [-0.39, 0.29) is 5.92 Å². The summed E-state index contributed by atoms with van der Waals surface area (Å²) in [6.45, 7) is 7.39. The first kappa shape index (κ1) is 11.3. The predicted molar refractivity (Wildman–Crippen MR) is 59.8 cm³/mol. The van der Waals surface area contributed by atoms with Gasteiger partial charge in [0.2, 0.25) is 0 Å². The van der Waals surface area contributed by atoms with E-state index in [0.717, 1.165) is 32.0 Å². The number of carbonyl (C=O) groups is 1. The molecule has 1 aromatic heterocycles. The van der Waals surface area contributed by atoms with Crippen LogP contribution in [0.5, 0.6) is 0 Å². The van der Waals surface area contributed by atoms with Gasteiger partial charge in [0.05, 0.1) is 6.54 Å². The van der Waals surface area contributed by atoms with E-state index < -0.39 is 0 Å². The highest BCUT2D eigenvalue weighted by molar-refractivity contribution is 5.81. The molecule has 1 aliphatic rings. The van der Waals surface area contributed by atoms with Crippen LogP contribution in [0.15, 0.2) is 6.33 Å². The molecule has 5 nitrogen and oxygen atoms in total. The number of carbonyl (C=O) groups excluding carboxylic acids is 1. The number of Topliss-reactive ketones (excluding diaryl/α,β-unsaturated/α-hetero) is 1. The van der Waals surface area contributed by atoms with Gasteiger partial charge in [0.1, 0.15) is 17.9 Å². The number of ketones is 1. The minimum atomic E-state index is 0.159. The molecular formula is C11H18N4O. The molecule has 0 radical (unpaired) electrons. The van der Waals surface area contributed by atoms with Gasteiger partial charge in [-0.05, 0) is 6.92 Å². The first-order valence-electron chi connectivity index (χ1n) is 5.82. The summed E-state index contributed by atoms with van der Waals surface area (Å²) in [5.74, 6) is 1.53. The molecule has 2 heterocycles. The van der Waals surface area contributed by atoms with E-state index in [2.05, 4.69) is 21.9 Å². The van der Waals surface area contributed by atoms with Crippen molar-refractivity contribution in [3.63, 3.8) is 0 Å². The number of hydrogen-bond donors (Lipinski definition) is 0. The minimum Gasteiger partial charge on any atom is -0.299 e. The summed E-state index contributed by atoms with van der Waals surface area (Å²) in [4.78, 5) is 17.9. The molecule has 1 saturated heterocycles. The topological polar surface area (TPSA) is 51.0 Å². The Kier molecular flexibility index (Phi) is 3.33. The lowest BCUT2D eigenvalue weighted by Gasteiger charge is -2.29. The summed E-state index contributed by atoms with van der Waals surface area (Å²) in [5, 5.41) is 4.15. The molecule has 1 atom stereocenters. The lowest BCUT2D eigenvalue weighted by atomic mass is 9.99. The maximum absolute atomic E-state index is 11.4. The summed E-state index contributed by atoms with van der Waals surface area (Å²) in [5.41, 5.74) is 0. The highest BCUT2D eigenvalue weighted by atomic mass is 16.1. The molecular weight excluding hydrogens is 204 g/mol. The average Bonchev–Trinajstić information content (AvgIpc) is 2.71. The molecule has 1 unspecified atom stereocenters. The van der Waals surface area contributed by atoms with Crippen LogP contribution in [-0.4, -0.2) is 38.5 Å². The highest BCUT2D eigenvalue weighted by Crippen LogP contribution is 2.14. The van der Waals surface area contributed by atoms with Gasteiger partial charge in [-0.1, -0.05) is 6.92 Å². The van der Waals surface area contributed by atoms with Crippen LogP contribution in [0.3, 0.4) is 0 Å². The second-order valence-corrected chi connectivity index (χ2v) is 4.34. The standard InChI is InChI=1S/C11H18N4O/c1-3-15-11(12-8-13-15)7-14-5-4-10(16)9(2)6-14/h8-9H,3-7H2,1-2H3. The van der Waals surface area contributed by atoms with Crippen LogP contribution in [0.4, 0.5) is 0 Å². The Bertz CT molecular complexity index is 374. The third kappa shape index (κ3) is 2.29. The van der Waals surface area contributed by atoms with E-state index in [1.54, 1.807) is 6.33 Å². The lowest BCUT2D eigenvalue weighted by Crippen LogP contribution is -2.39. The van der Waals surface area contributed by atoms with Crippen molar-refractivity contribution in [1.29, 1.82) is 0 Å². The SMILES string of the molecule is CCn1ncnc1CN1CCC(=O)C(C)C1. The molecule has 1 fully saturated rings. The van der Waals surface area contributed by atoms with Gasteiger partial charge in [-0.15, -0.1) is 0 Å². The van der Waals surface area contributed by atoms with Crippen molar-refractivity contribution in [3.8, 4) is 0 Å². The normalized spacial score (nSPS) is 22.6. The fourth-order valence-electron chi connectivity index (χ4n) is 2.11. The van der Waals surface area contributed by atoms with E-state index >= 15 is 0 Å². The fourth-order valence-corrected chi connectivity index (χ4v) is 2.11. The molecule has 0 N–H and O–H groups in total. The first-order chi connectivity index (χ1) is 7.70. The molecule has 88 valence electrons. The zero-order valence-corrected chi connectivity index (χ0v) is 9.89. The highest BCUT2D eigenvalue weighted by Gasteiger charge is 2.24. The summed E-state index contributed by atoms with van der Waals surface area (Å²) < 4.78 is 1.90. The Balaban J connectivity index is 1.98. The van der Waals surface area contributed by atoms with Crippen molar-refractivity contribution in [3.05, 3.63) is 12.2 Å². The van der Waals surface area contributed by atoms with Gasteiger partial charge in [-0.25, -0.2) is 9.67 Å². The molecule has 5 heteroatoms. The number of hydrogen-bond acceptors (Lipinski definition) is 4. The van der Waals surface area contributed by atoms with E-state index in [0.29, 0.717) is 12.2 Å². The molecule has 1 aliphatic heterocycles.